The maximum atomic E-state index is 12.9. The summed E-state index contributed by atoms with van der Waals surface area (Å²) >= 11 is 0. The van der Waals surface area contributed by atoms with Gasteiger partial charge in [0.05, 0.1) is 5.69 Å². The third kappa shape index (κ3) is 4.87. The number of anilines is 1. The van der Waals surface area contributed by atoms with Crippen molar-refractivity contribution < 1.29 is 14.3 Å². The van der Waals surface area contributed by atoms with Crippen LogP contribution in [-0.2, 0) is 9.53 Å². The average molecular weight is 411 g/mol. The first-order chi connectivity index (χ1) is 15.1. The number of nitrogens with zero attached hydrogens (tertiary/aromatic N) is 2. The Bertz CT molecular complexity index is 1180. The summed E-state index contributed by atoms with van der Waals surface area (Å²) in [6.07, 6.45) is 1.63. The summed E-state index contributed by atoms with van der Waals surface area (Å²) in [6, 6.07) is 26.2. The number of aryl methyl sites for hydroxylation is 1. The van der Waals surface area contributed by atoms with E-state index < -0.39 is 18.5 Å². The molecule has 1 N–H and O–H groups in total. The lowest BCUT2D eigenvalue weighted by Gasteiger charge is -2.07. The highest BCUT2D eigenvalue weighted by molar-refractivity contribution is 5.98. The molecule has 6 heteroatoms. The van der Waals surface area contributed by atoms with Gasteiger partial charge in [0.25, 0.3) is 5.91 Å². The van der Waals surface area contributed by atoms with Crippen LogP contribution in [0.3, 0.4) is 0 Å². The summed E-state index contributed by atoms with van der Waals surface area (Å²) in [4.78, 5) is 25.0. The molecule has 0 aliphatic carbocycles. The topological polar surface area (TPSA) is 73.2 Å². The summed E-state index contributed by atoms with van der Waals surface area (Å²) in [7, 11) is 0. The third-order valence-electron chi connectivity index (χ3n) is 4.67. The first-order valence-corrected chi connectivity index (χ1v) is 9.84. The molecule has 0 fully saturated rings. The molecule has 6 nitrogen and oxygen atoms in total. The first-order valence-electron chi connectivity index (χ1n) is 9.84. The molecule has 4 rings (SSSR count). The lowest BCUT2D eigenvalue weighted by molar-refractivity contribution is -0.119. The number of esters is 1. The Morgan fingerprint density at radius 1 is 0.903 bits per heavy atom. The van der Waals surface area contributed by atoms with Gasteiger partial charge in [-0.2, -0.15) is 5.10 Å². The Morgan fingerprint density at radius 2 is 1.55 bits per heavy atom. The largest absolute Gasteiger partial charge is 0.452 e. The molecule has 0 unspecified atom stereocenters. The second kappa shape index (κ2) is 9.09. The Hall–Kier alpha value is -4.19. The maximum Gasteiger partial charge on any atom is 0.342 e. The number of carbonyl (C=O) groups is 2. The van der Waals surface area contributed by atoms with Gasteiger partial charge in [-0.15, -0.1) is 0 Å². The van der Waals surface area contributed by atoms with Gasteiger partial charge in [0, 0.05) is 17.4 Å². The van der Waals surface area contributed by atoms with Crippen molar-refractivity contribution in [2.75, 3.05) is 11.9 Å². The number of hydrogen-bond acceptors (Lipinski definition) is 4. The minimum Gasteiger partial charge on any atom is -0.452 e. The standard InChI is InChI=1S/C25H21N3O3/c1-18-12-14-19(15-13-18)24-22(16-28(27-24)21-10-6-3-7-11-21)25(30)31-17-23(29)26-20-8-4-2-5-9-20/h2-16H,17H2,1H3,(H,26,29). The van der Waals surface area contributed by atoms with E-state index in [0.29, 0.717) is 16.9 Å². The van der Waals surface area contributed by atoms with Gasteiger partial charge in [-0.05, 0) is 31.2 Å². The predicted molar refractivity (Wildman–Crippen MR) is 119 cm³/mol. The highest BCUT2D eigenvalue weighted by Gasteiger charge is 2.21. The van der Waals surface area contributed by atoms with Gasteiger partial charge in [-0.1, -0.05) is 66.2 Å². The van der Waals surface area contributed by atoms with Crippen LogP contribution in [0.5, 0.6) is 0 Å². The van der Waals surface area contributed by atoms with Crippen molar-refractivity contribution in [1.29, 1.82) is 0 Å². The number of ether oxygens (including phenoxy) is 1. The van der Waals surface area contributed by atoms with Gasteiger partial charge in [-0.25, -0.2) is 9.48 Å². The van der Waals surface area contributed by atoms with E-state index >= 15 is 0 Å². The van der Waals surface area contributed by atoms with Crippen molar-refractivity contribution in [3.8, 4) is 16.9 Å². The first kappa shape index (κ1) is 20.1. The molecule has 1 aromatic heterocycles. The molecule has 154 valence electrons. The number of carbonyl (C=O) groups excluding carboxylic acids is 2. The van der Waals surface area contributed by atoms with E-state index in [1.807, 2.05) is 79.7 Å². The Morgan fingerprint density at radius 3 is 2.23 bits per heavy atom. The maximum absolute atomic E-state index is 12.9. The van der Waals surface area contributed by atoms with Crippen LogP contribution < -0.4 is 5.32 Å². The molecule has 31 heavy (non-hydrogen) atoms. The Kier molecular flexibility index (Phi) is 5.89. The molecular formula is C25H21N3O3. The molecule has 4 aromatic rings. The van der Waals surface area contributed by atoms with Crippen LogP contribution in [0.25, 0.3) is 16.9 Å². The van der Waals surface area contributed by atoms with E-state index in [1.165, 1.54) is 0 Å². The second-order valence-corrected chi connectivity index (χ2v) is 7.03. The highest BCUT2D eigenvalue weighted by atomic mass is 16.5. The molecule has 0 spiro atoms. The van der Waals surface area contributed by atoms with Crippen molar-refractivity contribution >= 4 is 17.6 Å². The molecule has 0 radical (unpaired) electrons. The minimum absolute atomic E-state index is 0.292. The van der Waals surface area contributed by atoms with Gasteiger partial charge in [0.15, 0.2) is 6.61 Å². The zero-order valence-corrected chi connectivity index (χ0v) is 17.0. The van der Waals surface area contributed by atoms with E-state index in [-0.39, 0.29) is 0 Å². The highest BCUT2D eigenvalue weighted by Crippen LogP contribution is 2.25. The van der Waals surface area contributed by atoms with E-state index in [2.05, 4.69) is 10.4 Å². The van der Waals surface area contributed by atoms with Gasteiger partial charge < -0.3 is 10.1 Å². The summed E-state index contributed by atoms with van der Waals surface area (Å²) in [6.45, 7) is 1.60. The predicted octanol–water partition coefficient (Wildman–Crippen LogP) is 4.64. The molecule has 0 aliphatic heterocycles. The smallest absolute Gasteiger partial charge is 0.342 e. The summed E-state index contributed by atoms with van der Waals surface area (Å²) in [5.74, 6) is -1.02. The van der Waals surface area contributed by atoms with Crippen molar-refractivity contribution in [1.82, 2.24) is 9.78 Å². The fourth-order valence-electron chi connectivity index (χ4n) is 3.09. The van der Waals surface area contributed by atoms with Crippen LogP contribution in [0.4, 0.5) is 5.69 Å². The van der Waals surface area contributed by atoms with Crippen molar-refractivity contribution in [3.05, 3.63) is 102 Å². The van der Waals surface area contributed by atoms with Crippen molar-refractivity contribution in [3.63, 3.8) is 0 Å². The quantitative estimate of drug-likeness (QED) is 0.469. The molecule has 1 amide bonds. The van der Waals surface area contributed by atoms with Crippen LogP contribution in [0.15, 0.2) is 91.1 Å². The Balaban J connectivity index is 1.56. The van der Waals surface area contributed by atoms with Crippen LogP contribution in [-0.4, -0.2) is 28.3 Å². The molecule has 0 saturated carbocycles. The van der Waals surface area contributed by atoms with Gasteiger partial charge in [0.1, 0.15) is 11.3 Å². The lowest BCUT2D eigenvalue weighted by Crippen LogP contribution is -2.21. The zero-order chi connectivity index (χ0) is 21.6. The second-order valence-electron chi connectivity index (χ2n) is 7.03. The number of nitrogens with one attached hydrogen (secondary N) is 1. The number of benzene rings is 3. The fourth-order valence-corrected chi connectivity index (χ4v) is 3.09. The lowest BCUT2D eigenvalue weighted by atomic mass is 10.1. The number of para-hydroxylation sites is 2. The normalized spacial score (nSPS) is 10.5. The number of rotatable bonds is 6. The number of aromatic nitrogens is 2. The van der Waals surface area contributed by atoms with Crippen LogP contribution >= 0.6 is 0 Å². The Labute approximate surface area is 180 Å². The third-order valence-corrected chi connectivity index (χ3v) is 4.67. The summed E-state index contributed by atoms with van der Waals surface area (Å²) in [5, 5.41) is 7.31. The van der Waals surface area contributed by atoms with Gasteiger partial charge >= 0.3 is 5.97 Å². The molecule has 0 atom stereocenters. The molecule has 0 bridgehead atoms. The van der Waals surface area contributed by atoms with E-state index in [4.69, 9.17) is 4.74 Å². The molecule has 3 aromatic carbocycles. The minimum atomic E-state index is -0.610. The number of amides is 1. The number of hydrogen-bond donors (Lipinski definition) is 1. The summed E-state index contributed by atoms with van der Waals surface area (Å²) < 4.78 is 6.93. The van der Waals surface area contributed by atoms with Crippen LogP contribution in [0, 0.1) is 6.92 Å². The molecule has 0 saturated heterocycles. The monoisotopic (exact) mass is 411 g/mol. The summed E-state index contributed by atoms with van der Waals surface area (Å²) in [5.41, 5.74) is 4.14. The average Bonchev–Trinajstić information content (AvgIpc) is 3.25. The van der Waals surface area contributed by atoms with Crippen LogP contribution in [0.2, 0.25) is 0 Å². The van der Waals surface area contributed by atoms with Gasteiger partial charge in [-0.3, -0.25) is 4.79 Å². The van der Waals surface area contributed by atoms with Crippen LogP contribution in [0.1, 0.15) is 15.9 Å². The molecule has 1 heterocycles. The SMILES string of the molecule is Cc1ccc(-c2nn(-c3ccccc3)cc2C(=O)OCC(=O)Nc2ccccc2)cc1. The molecule has 0 aliphatic rings. The zero-order valence-electron chi connectivity index (χ0n) is 17.0. The van der Waals surface area contributed by atoms with E-state index in [9.17, 15) is 9.59 Å². The molecular weight excluding hydrogens is 390 g/mol. The van der Waals surface area contributed by atoms with E-state index in [1.54, 1.807) is 23.0 Å². The van der Waals surface area contributed by atoms with E-state index in [0.717, 1.165) is 16.8 Å². The fraction of sp³-hybridized carbons (Fsp3) is 0.0800. The van der Waals surface area contributed by atoms with Gasteiger partial charge in [0.2, 0.25) is 0 Å². The van der Waals surface area contributed by atoms with Crippen molar-refractivity contribution in [2.24, 2.45) is 0 Å². The van der Waals surface area contributed by atoms with Crippen molar-refractivity contribution in [2.45, 2.75) is 6.92 Å².